The first kappa shape index (κ1) is 13.0. The molecule has 0 radical (unpaired) electrons. The lowest BCUT2D eigenvalue weighted by molar-refractivity contribution is 0.534. The van der Waals surface area contributed by atoms with Crippen molar-refractivity contribution in [3.8, 4) is 0 Å². The van der Waals surface area contributed by atoms with E-state index in [4.69, 9.17) is 11.6 Å². The van der Waals surface area contributed by atoms with Crippen molar-refractivity contribution in [2.24, 2.45) is 0 Å². The molecule has 1 aromatic heterocycles. The van der Waals surface area contributed by atoms with Gasteiger partial charge in [0.2, 0.25) is 0 Å². The Morgan fingerprint density at radius 3 is 2.61 bits per heavy atom. The van der Waals surface area contributed by atoms with Crippen LogP contribution in [0, 0.1) is 5.82 Å². The molecule has 2 aromatic rings. The minimum absolute atomic E-state index is 0.152. The minimum atomic E-state index is -0.282. The highest BCUT2D eigenvalue weighted by Gasteiger charge is 2.17. The lowest BCUT2D eigenvalue weighted by atomic mass is 9.99. The summed E-state index contributed by atoms with van der Waals surface area (Å²) in [5.41, 5.74) is 1.60. The van der Waals surface area contributed by atoms with E-state index < -0.39 is 0 Å². The van der Waals surface area contributed by atoms with Crippen molar-refractivity contribution in [1.82, 2.24) is 10.3 Å². The molecule has 0 aliphatic rings. The molecule has 0 aliphatic carbocycles. The van der Waals surface area contributed by atoms with Crippen molar-refractivity contribution in [2.45, 2.75) is 12.5 Å². The Balaban J connectivity index is 2.29. The molecular formula is C14H14ClFN2. The van der Waals surface area contributed by atoms with Gasteiger partial charge in [0, 0.05) is 29.0 Å². The maximum atomic E-state index is 13.9. The van der Waals surface area contributed by atoms with Gasteiger partial charge in [-0.1, -0.05) is 17.7 Å². The summed E-state index contributed by atoms with van der Waals surface area (Å²) in [4.78, 5) is 3.97. The van der Waals surface area contributed by atoms with Crippen LogP contribution in [0.3, 0.4) is 0 Å². The van der Waals surface area contributed by atoms with Gasteiger partial charge in [0.25, 0.3) is 0 Å². The monoisotopic (exact) mass is 264 g/mol. The molecule has 0 bridgehead atoms. The summed E-state index contributed by atoms with van der Waals surface area (Å²) in [5, 5.41) is 3.55. The highest BCUT2D eigenvalue weighted by molar-refractivity contribution is 6.31. The van der Waals surface area contributed by atoms with Crippen LogP contribution < -0.4 is 5.32 Å². The van der Waals surface area contributed by atoms with E-state index in [2.05, 4.69) is 10.3 Å². The molecule has 18 heavy (non-hydrogen) atoms. The van der Waals surface area contributed by atoms with E-state index >= 15 is 0 Å². The van der Waals surface area contributed by atoms with Crippen LogP contribution in [0.5, 0.6) is 0 Å². The Morgan fingerprint density at radius 2 is 2.00 bits per heavy atom. The predicted molar refractivity (Wildman–Crippen MR) is 71.2 cm³/mol. The van der Waals surface area contributed by atoms with Crippen molar-refractivity contribution in [2.75, 3.05) is 7.05 Å². The van der Waals surface area contributed by atoms with Crippen LogP contribution in [0.25, 0.3) is 0 Å². The van der Waals surface area contributed by atoms with E-state index in [0.29, 0.717) is 17.0 Å². The number of hydrogen-bond acceptors (Lipinski definition) is 2. The normalized spacial score (nSPS) is 12.4. The van der Waals surface area contributed by atoms with Crippen molar-refractivity contribution in [3.63, 3.8) is 0 Å². The first-order valence-corrected chi connectivity index (χ1v) is 6.10. The van der Waals surface area contributed by atoms with Crippen LogP contribution in [0.15, 0.2) is 42.7 Å². The summed E-state index contributed by atoms with van der Waals surface area (Å²) < 4.78 is 13.9. The number of hydrogen-bond donors (Lipinski definition) is 1. The zero-order valence-electron chi connectivity index (χ0n) is 10.0. The largest absolute Gasteiger partial charge is 0.313 e. The Labute approximate surface area is 111 Å². The smallest absolute Gasteiger partial charge is 0.129 e. The average Bonchev–Trinajstić information content (AvgIpc) is 2.38. The van der Waals surface area contributed by atoms with Gasteiger partial charge in [0.15, 0.2) is 0 Å². The van der Waals surface area contributed by atoms with Gasteiger partial charge in [-0.25, -0.2) is 4.39 Å². The minimum Gasteiger partial charge on any atom is -0.313 e. The molecule has 0 saturated carbocycles. The lowest BCUT2D eigenvalue weighted by Gasteiger charge is -2.18. The fourth-order valence-corrected chi connectivity index (χ4v) is 2.24. The second-order valence-electron chi connectivity index (χ2n) is 4.04. The van der Waals surface area contributed by atoms with Gasteiger partial charge in [-0.2, -0.15) is 0 Å². The first-order chi connectivity index (χ1) is 8.72. The van der Waals surface area contributed by atoms with Crippen LogP contribution in [-0.2, 0) is 6.42 Å². The standard InChI is InChI=1S/C14H14ClFN2/c1-17-13(9-10-5-7-18-8-6-10)14-11(15)3-2-4-12(14)16/h2-8,13,17H,9H2,1H3. The number of aromatic nitrogens is 1. The Morgan fingerprint density at radius 1 is 1.28 bits per heavy atom. The molecule has 1 unspecified atom stereocenters. The Kier molecular flexibility index (Phi) is 4.28. The van der Waals surface area contributed by atoms with Gasteiger partial charge in [-0.15, -0.1) is 0 Å². The van der Waals surface area contributed by atoms with Crippen molar-refractivity contribution < 1.29 is 4.39 Å². The third-order valence-electron chi connectivity index (χ3n) is 2.89. The summed E-state index contributed by atoms with van der Waals surface area (Å²) in [7, 11) is 1.80. The van der Waals surface area contributed by atoms with Crippen LogP contribution >= 0.6 is 11.6 Å². The fourth-order valence-electron chi connectivity index (χ4n) is 1.95. The van der Waals surface area contributed by atoms with Gasteiger partial charge in [0.1, 0.15) is 5.82 Å². The molecule has 1 aromatic carbocycles. The second kappa shape index (κ2) is 5.94. The van der Waals surface area contributed by atoms with Crippen LogP contribution in [0.4, 0.5) is 4.39 Å². The van der Waals surface area contributed by atoms with Crippen molar-refractivity contribution in [1.29, 1.82) is 0 Å². The number of rotatable bonds is 4. The molecule has 0 aliphatic heterocycles. The molecule has 0 spiro atoms. The van der Waals surface area contributed by atoms with E-state index in [1.54, 1.807) is 31.6 Å². The quantitative estimate of drug-likeness (QED) is 0.916. The summed E-state index contributed by atoms with van der Waals surface area (Å²) in [6, 6.07) is 8.43. The zero-order chi connectivity index (χ0) is 13.0. The number of likely N-dealkylation sites (N-methyl/N-ethyl adjacent to an activating group) is 1. The van der Waals surface area contributed by atoms with Crippen LogP contribution in [0.1, 0.15) is 17.2 Å². The average molecular weight is 265 g/mol. The summed E-state index contributed by atoms with van der Waals surface area (Å²) in [6.45, 7) is 0. The maximum absolute atomic E-state index is 13.9. The summed E-state index contributed by atoms with van der Waals surface area (Å²) in [6.07, 6.45) is 4.12. The van der Waals surface area contributed by atoms with E-state index in [-0.39, 0.29) is 11.9 Å². The molecule has 0 fully saturated rings. The molecular weight excluding hydrogens is 251 g/mol. The molecule has 2 rings (SSSR count). The maximum Gasteiger partial charge on any atom is 0.129 e. The molecule has 0 amide bonds. The number of nitrogens with zero attached hydrogens (tertiary/aromatic N) is 1. The molecule has 1 N–H and O–H groups in total. The summed E-state index contributed by atoms with van der Waals surface area (Å²) >= 11 is 6.08. The van der Waals surface area contributed by atoms with Crippen molar-refractivity contribution >= 4 is 11.6 Å². The lowest BCUT2D eigenvalue weighted by Crippen LogP contribution is -2.20. The molecule has 1 heterocycles. The first-order valence-electron chi connectivity index (χ1n) is 5.72. The highest BCUT2D eigenvalue weighted by atomic mass is 35.5. The van der Waals surface area contributed by atoms with E-state index in [0.717, 1.165) is 5.56 Å². The fraction of sp³-hybridized carbons (Fsp3) is 0.214. The molecule has 94 valence electrons. The molecule has 0 saturated heterocycles. The van der Waals surface area contributed by atoms with Crippen LogP contribution in [0.2, 0.25) is 5.02 Å². The molecule has 1 atom stereocenters. The third-order valence-corrected chi connectivity index (χ3v) is 3.22. The molecule has 4 heteroatoms. The number of halogens is 2. The highest BCUT2D eigenvalue weighted by Crippen LogP contribution is 2.27. The topological polar surface area (TPSA) is 24.9 Å². The van der Waals surface area contributed by atoms with E-state index in [9.17, 15) is 4.39 Å². The zero-order valence-corrected chi connectivity index (χ0v) is 10.8. The van der Waals surface area contributed by atoms with Crippen molar-refractivity contribution in [3.05, 3.63) is 64.7 Å². The van der Waals surface area contributed by atoms with Crippen LogP contribution in [-0.4, -0.2) is 12.0 Å². The van der Waals surface area contributed by atoms with Gasteiger partial charge in [-0.3, -0.25) is 4.98 Å². The van der Waals surface area contributed by atoms with Gasteiger partial charge < -0.3 is 5.32 Å². The number of nitrogens with one attached hydrogen (secondary N) is 1. The van der Waals surface area contributed by atoms with Gasteiger partial charge in [0.05, 0.1) is 0 Å². The van der Waals surface area contributed by atoms with E-state index in [1.165, 1.54) is 6.07 Å². The van der Waals surface area contributed by atoms with E-state index in [1.807, 2.05) is 12.1 Å². The van der Waals surface area contributed by atoms with Gasteiger partial charge >= 0.3 is 0 Å². The SMILES string of the molecule is CNC(Cc1ccncc1)c1c(F)cccc1Cl. The predicted octanol–water partition coefficient (Wildman–Crippen LogP) is 3.38. The third kappa shape index (κ3) is 2.86. The molecule has 2 nitrogen and oxygen atoms in total. The number of benzene rings is 1. The summed E-state index contributed by atoms with van der Waals surface area (Å²) in [5.74, 6) is -0.282. The van der Waals surface area contributed by atoms with Gasteiger partial charge in [-0.05, 0) is 43.3 Å². The Hall–Kier alpha value is -1.45. The number of pyridine rings is 1. The second-order valence-corrected chi connectivity index (χ2v) is 4.44. The Bertz CT molecular complexity index is 496.